The van der Waals surface area contributed by atoms with E-state index in [1.165, 1.54) is 12.3 Å². The number of H-pyrrole nitrogens is 1. The fourth-order valence-corrected chi connectivity index (χ4v) is 2.27. The highest BCUT2D eigenvalue weighted by molar-refractivity contribution is 5.94. The Bertz CT molecular complexity index is 439. The van der Waals surface area contributed by atoms with Crippen LogP contribution < -0.4 is 5.43 Å². The van der Waals surface area contributed by atoms with Crippen molar-refractivity contribution in [3.05, 3.63) is 34.2 Å². The molecule has 0 bridgehead atoms. The molecule has 1 unspecified atom stereocenters. The molecule has 1 saturated heterocycles. The summed E-state index contributed by atoms with van der Waals surface area (Å²) in [6.07, 6.45) is 6.08. The van der Waals surface area contributed by atoms with Gasteiger partial charge in [0.05, 0.1) is 0 Å². The molecule has 1 aromatic heterocycles. The summed E-state index contributed by atoms with van der Waals surface area (Å²) in [5.74, 6) is -0.133. The number of hydrogen-bond acceptors (Lipinski definition) is 2. The van der Waals surface area contributed by atoms with Crippen LogP contribution in [-0.2, 0) is 0 Å². The lowest BCUT2D eigenvalue weighted by Crippen LogP contribution is -2.37. The third kappa shape index (κ3) is 1.87. The Balaban J connectivity index is 2.26. The van der Waals surface area contributed by atoms with Crippen LogP contribution in [-0.4, -0.2) is 28.4 Å². The molecule has 1 aromatic rings. The fourth-order valence-electron chi connectivity index (χ4n) is 2.27. The van der Waals surface area contributed by atoms with Crippen molar-refractivity contribution >= 4 is 5.91 Å². The number of rotatable bonds is 2. The first-order chi connectivity index (χ1) is 7.74. The van der Waals surface area contributed by atoms with Gasteiger partial charge in [-0.3, -0.25) is 9.59 Å². The van der Waals surface area contributed by atoms with Gasteiger partial charge in [-0.25, -0.2) is 0 Å². The second-order valence-corrected chi connectivity index (χ2v) is 4.13. The number of amides is 1. The molecule has 1 fully saturated rings. The molecular weight excluding hydrogens is 204 g/mol. The first-order valence-electron chi connectivity index (χ1n) is 5.72. The molecule has 0 saturated carbocycles. The lowest BCUT2D eigenvalue weighted by molar-refractivity contribution is 0.0732. The minimum atomic E-state index is -0.203. The van der Waals surface area contributed by atoms with Crippen molar-refractivity contribution in [1.29, 1.82) is 0 Å². The SMILES string of the molecule is CCC1CCCN1C(=O)c1c[nH]ccc1=O. The third-order valence-corrected chi connectivity index (χ3v) is 3.16. The van der Waals surface area contributed by atoms with E-state index in [2.05, 4.69) is 11.9 Å². The van der Waals surface area contributed by atoms with Gasteiger partial charge in [0.15, 0.2) is 5.43 Å². The number of aromatic amines is 1. The van der Waals surface area contributed by atoms with Gasteiger partial charge in [0.2, 0.25) is 0 Å². The van der Waals surface area contributed by atoms with Gasteiger partial charge in [-0.2, -0.15) is 0 Å². The summed E-state index contributed by atoms with van der Waals surface area (Å²) >= 11 is 0. The largest absolute Gasteiger partial charge is 0.367 e. The number of aromatic nitrogens is 1. The molecule has 0 aromatic carbocycles. The number of nitrogens with one attached hydrogen (secondary N) is 1. The van der Waals surface area contributed by atoms with Gasteiger partial charge in [-0.1, -0.05) is 6.92 Å². The number of carbonyl (C=O) groups excluding carboxylic acids is 1. The summed E-state index contributed by atoms with van der Waals surface area (Å²) in [6.45, 7) is 2.84. The van der Waals surface area contributed by atoms with Crippen LogP contribution in [0.2, 0.25) is 0 Å². The van der Waals surface area contributed by atoms with E-state index in [0.717, 1.165) is 25.8 Å². The molecule has 4 nitrogen and oxygen atoms in total. The van der Waals surface area contributed by atoms with Crippen LogP contribution in [0.15, 0.2) is 23.3 Å². The molecular formula is C12H16N2O2. The van der Waals surface area contributed by atoms with Crippen molar-refractivity contribution in [2.45, 2.75) is 32.2 Å². The van der Waals surface area contributed by atoms with Crippen LogP contribution in [0.3, 0.4) is 0 Å². The Kier molecular flexibility index (Phi) is 3.08. The molecule has 1 atom stereocenters. The zero-order valence-electron chi connectivity index (χ0n) is 9.40. The lowest BCUT2D eigenvalue weighted by Gasteiger charge is -2.23. The van der Waals surface area contributed by atoms with E-state index >= 15 is 0 Å². The van der Waals surface area contributed by atoms with Crippen molar-refractivity contribution in [1.82, 2.24) is 9.88 Å². The van der Waals surface area contributed by atoms with Gasteiger partial charge in [0, 0.05) is 31.0 Å². The number of likely N-dealkylation sites (tertiary alicyclic amines) is 1. The lowest BCUT2D eigenvalue weighted by atomic mass is 10.1. The first kappa shape index (κ1) is 10.9. The highest BCUT2D eigenvalue weighted by Gasteiger charge is 2.28. The normalized spacial score (nSPS) is 20.1. The molecule has 0 aliphatic carbocycles. The van der Waals surface area contributed by atoms with Crippen LogP contribution >= 0.6 is 0 Å². The highest BCUT2D eigenvalue weighted by Crippen LogP contribution is 2.21. The Morgan fingerprint density at radius 1 is 1.62 bits per heavy atom. The smallest absolute Gasteiger partial charge is 0.259 e. The molecule has 86 valence electrons. The zero-order chi connectivity index (χ0) is 11.5. The maximum atomic E-state index is 12.1. The molecule has 0 radical (unpaired) electrons. The van der Waals surface area contributed by atoms with Crippen molar-refractivity contribution in [2.75, 3.05) is 6.54 Å². The van der Waals surface area contributed by atoms with Crippen LogP contribution in [0, 0.1) is 0 Å². The Morgan fingerprint density at radius 3 is 3.12 bits per heavy atom. The predicted octanol–water partition coefficient (Wildman–Crippen LogP) is 1.39. The van der Waals surface area contributed by atoms with Gasteiger partial charge >= 0.3 is 0 Å². The van der Waals surface area contributed by atoms with Crippen molar-refractivity contribution in [2.24, 2.45) is 0 Å². The molecule has 1 amide bonds. The van der Waals surface area contributed by atoms with Crippen LogP contribution in [0.5, 0.6) is 0 Å². The van der Waals surface area contributed by atoms with Gasteiger partial charge in [0.25, 0.3) is 5.91 Å². The summed E-state index contributed by atoms with van der Waals surface area (Å²) < 4.78 is 0. The Labute approximate surface area is 94.3 Å². The van der Waals surface area contributed by atoms with E-state index in [-0.39, 0.29) is 16.9 Å². The maximum Gasteiger partial charge on any atom is 0.259 e. The van der Waals surface area contributed by atoms with Crippen molar-refractivity contribution < 1.29 is 4.79 Å². The van der Waals surface area contributed by atoms with E-state index in [1.54, 1.807) is 6.20 Å². The third-order valence-electron chi connectivity index (χ3n) is 3.16. The number of pyridine rings is 1. The topological polar surface area (TPSA) is 53.2 Å². The minimum absolute atomic E-state index is 0.133. The Morgan fingerprint density at radius 2 is 2.44 bits per heavy atom. The van der Waals surface area contributed by atoms with E-state index in [9.17, 15) is 9.59 Å². The second-order valence-electron chi connectivity index (χ2n) is 4.13. The van der Waals surface area contributed by atoms with E-state index in [1.807, 2.05) is 4.90 Å². The summed E-state index contributed by atoms with van der Waals surface area (Å²) in [7, 11) is 0. The maximum absolute atomic E-state index is 12.1. The molecule has 2 heterocycles. The Hall–Kier alpha value is -1.58. The predicted molar refractivity (Wildman–Crippen MR) is 61.4 cm³/mol. The quantitative estimate of drug-likeness (QED) is 0.818. The molecule has 1 N–H and O–H groups in total. The van der Waals surface area contributed by atoms with Gasteiger partial charge in [-0.05, 0) is 19.3 Å². The summed E-state index contributed by atoms with van der Waals surface area (Å²) in [6, 6.07) is 1.69. The molecule has 1 aliphatic heterocycles. The van der Waals surface area contributed by atoms with Gasteiger partial charge < -0.3 is 9.88 Å². The molecule has 16 heavy (non-hydrogen) atoms. The van der Waals surface area contributed by atoms with Crippen LogP contribution in [0.1, 0.15) is 36.5 Å². The number of carbonyl (C=O) groups is 1. The van der Waals surface area contributed by atoms with Crippen LogP contribution in [0.25, 0.3) is 0 Å². The average Bonchev–Trinajstić information content (AvgIpc) is 2.77. The fraction of sp³-hybridized carbons (Fsp3) is 0.500. The van der Waals surface area contributed by atoms with Crippen molar-refractivity contribution in [3.8, 4) is 0 Å². The zero-order valence-corrected chi connectivity index (χ0v) is 9.40. The van der Waals surface area contributed by atoms with E-state index in [0.29, 0.717) is 6.04 Å². The summed E-state index contributed by atoms with van der Waals surface area (Å²) in [5, 5.41) is 0. The minimum Gasteiger partial charge on any atom is -0.367 e. The molecule has 4 heteroatoms. The second kappa shape index (κ2) is 4.51. The summed E-state index contributed by atoms with van der Waals surface area (Å²) in [5.41, 5.74) is 0.0494. The standard InChI is InChI=1S/C12H16N2O2/c1-2-9-4-3-7-14(9)12(16)10-8-13-6-5-11(10)15/h5-6,8-9H,2-4,7H2,1H3,(H,13,15). The van der Waals surface area contributed by atoms with E-state index in [4.69, 9.17) is 0 Å². The van der Waals surface area contributed by atoms with E-state index < -0.39 is 0 Å². The number of hydrogen-bond donors (Lipinski definition) is 1. The molecule has 0 spiro atoms. The highest BCUT2D eigenvalue weighted by atomic mass is 16.2. The monoisotopic (exact) mass is 220 g/mol. The van der Waals surface area contributed by atoms with Gasteiger partial charge in [0.1, 0.15) is 5.56 Å². The van der Waals surface area contributed by atoms with Crippen LogP contribution in [0.4, 0.5) is 0 Å². The number of nitrogens with zero attached hydrogens (tertiary/aromatic N) is 1. The molecule has 1 aliphatic rings. The van der Waals surface area contributed by atoms with Gasteiger partial charge in [-0.15, -0.1) is 0 Å². The first-order valence-corrected chi connectivity index (χ1v) is 5.72. The van der Waals surface area contributed by atoms with Crippen molar-refractivity contribution in [3.63, 3.8) is 0 Å². The summed E-state index contributed by atoms with van der Waals surface area (Å²) in [4.78, 5) is 28.3. The average molecular weight is 220 g/mol. The molecule has 2 rings (SSSR count).